The van der Waals surface area contributed by atoms with Crippen LogP contribution in [0.5, 0.6) is 0 Å². The topological polar surface area (TPSA) is 66.9 Å². The molecule has 8 heteroatoms. The SMILES string of the molecule is COC/C=C1/CCN(SC)c2nc(-c3sc(-c4cccnc4)nc3C)[nH]c21. The summed E-state index contributed by atoms with van der Waals surface area (Å²) in [6, 6.07) is 3.96. The number of hydrogen-bond acceptors (Lipinski definition) is 7. The van der Waals surface area contributed by atoms with E-state index in [0.717, 1.165) is 51.4 Å². The summed E-state index contributed by atoms with van der Waals surface area (Å²) < 4.78 is 7.47. The number of methoxy groups -OCH3 is 1. The molecule has 0 aromatic carbocycles. The molecule has 27 heavy (non-hydrogen) atoms. The predicted molar refractivity (Wildman–Crippen MR) is 113 cm³/mol. The Morgan fingerprint density at radius 3 is 3.04 bits per heavy atom. The fourth-order valence-corrected chi connectivity index (χ4v) is 4.70. The van der Waals surface area contributed by atoms with E-state index < -0.39 is 0 Å². The second-order valence-corrected chi connectivity index (χ2v) is 7.98. The number of rotatable bonds is 5. The Bertz CT molecular complexity index is 964. The maximum atomic E-state index is 5.23. The quantitative estimate of drug-likeness (QED) is 0.641. The molecule has 0 fully saturated rings. The van der Waals surface area contributed by atoms with E-state index >= 15 is 0 Å². The third kappa shape index (κ3) is 3.52. The molecule has 0 amide bonds. The molecule has 1 aliphatic heterocycles. The minimum Gasteiger partial charge on any atom is -0.381 e. The summed E-state index contributed by atoms with van der Waals surface area (Å²) in [5.41, 5.74) is 4.34. The average molecular weight is 400 g/mol. The molecule has 0 aliphatic carbocycles. The van der Waals surface area contributed by atoms with Gasteiger partial charge in [-0.15, -0.1) is 11.3 Å². The van der Waals surface area contributed by atoms with E-state index in [2.05, 4.69) is 26.6 Å². The van der Waals surface area contributed by atoms with Gasteiger partial charge in [-0.1, -0.05) is 18.0 Å². The fourth-order valence-electron chi connectivity index (χ4n) is 3.12. The first-order valence-electron chi connectivity index (χ1n) is 8.69. The minimum atomic E-state index is 0.604. The van der Waals surface area contributed by atoms with Gasteiger partial charge >= 0.3 is 0 Å². The molecular formula is C19H21N5OS2. The third-order valence-corrected chi connectivity index (χ3v) is 6.47. The molecule has 6 nitrogen and oxygen atoms in total. The van der Waals surface area contributed by atoms with Gasteiger partial charge in [0.15, 0.2) is 11.6 Å². The van der Waals surface area contributed by atoms with Crippen molar-refractivity contribution in [2.75, 3.05) is 30.8 Å². The molecule has 0 spiro atoms. The van der Waals surface area contributed by atoms with Gasteiger partial charge in [0.05, 0.1) is 22.9 Å². The van der Waals surface area contributed by atoms with Crippen LogP contribution in [0.4, 0.5) is 5.82 Å². The van der Waals surface area contributed by atoms with Crippen LogP contribution in [0.25, 0.3) is 26.8 Å². The maximum absolute atomic E-state index is 5.23. The number of fused-ring (bicyclic) bond motifs is 1. The molecule has 140 valence electrons. The monoisotopic (exact) mass is 399 g/mol. The first kappa shape index (κ1) is 18.2. The third-order valence-electron chi connectivity index (χ3n) is 4.46. The zero-order chi connectivity index (χ0) is 18.8. The van der Waals surface area contributed by atoms with Crippen molar-refractivity contribution in [3.63, 3.8) is 0 Å². The summed E-state index contributed by atoms with van der Waals surface area (Å²) in [5, 5.41) is 0.960. The lowest BCUT2D eigenvalue weighted by Crippen LogP contribution is -2.21. The van der Waals surface area contributed by atoms with E-state index in [1.165, 1.54) is 5.57 Å². The number of aryl methyl sites for hydroxylation is 1. The van der Waals surface area contributed by atoms with Gasteiger partial charge in [-0.2, -0.15) is 0 Å². The molecule has 0 atom stereocenters. The molecule has 0 bridgehead atoms. The van der Waals surface area contributed by atoms with Gasteiger partial charge in [-0.3, -0.25) is 9.29 Å². The van der Waals surface area contributed by atoms with E-state index in [9.17, 15) is 0 Å². The van der Waals surface area contributed by atoms with Crippen molar-refractivity contribution >= 4 is 34.7 Å². The Morgan fingerprint density at radius 2 is 2.30 bits per heavy atom. The van der Waals surface area contributed by atoms with Crippen molar-refractivity contribution in [2.45, 2.75) is 13.3 Å². The van der Waals surface area contributed by atoms with Gasteiger partial charge in [0, 0.05) is 37.9 Å². The zero-order valence-corrected chi connectivity index (χ0v) is 17.2. The molecule has 0 radical (unpaired) electrons. The Kier molecular flexibility index (Phi) is 5.29. The van der Waals surface area contributed by atoms with E-state index in [1.807, 2.05) is 25.3 Å². The molecule has 4 heterocycles. The van der Waals surface area contributed by atoms with Gasteiger partial charge in [0.2, 0.25) is 0 Å². The van der Waals surface area contributed by atoms with E-state index in [0.29, 0.717) is 6.61 Å². The summed E-state index contributed by atoms with van der Waals surface area (Å²) in [7, 11) is 1.72. The molecule has 1 N–H and O–H groups in total. The van der Waals surface area contributed by atoms with Crippen LogP contribution >= 0.6 is 23.3 Å². The highest BCUT2D eigenvalue weighted by molar-refractivity contribution is 7.99. The predicted octanol–water partition coefficient (Wildman–Crippen LogP) is 4.42. The van der Waals surface area contributed by atoms with Crippen LogP contribution in [0.2, 0.25) is 0 Å². The van der Waals surface area contributed by atoms with Gasteiger partial charge in [0.25, 0.3) is 0 Å². The zero-order valence-electron chi connectivity index (χ0n) is 15.5. The molecule has 0 unspecified atom stereocenters. The van der Waals surface area contributed by atoms with Crippen molar-refractivity contribution in [1.82, 2.24) is 19.9 Å². The van der Waals surface area contributed by atoms with E-state index in [4.69, 9.17) is 14.7 Å². The van der Waals surface area contributed by atoms with Gasteiger partial charge in [-0.25, -0.2) is 9.97 Å². The minimum absolute atomic E-state index is 0.604. The lowest BCUT2D eigenvalue weighted by Gasteiger charge is -2.26. The van der Waals surface area contributed by atoms with Crippen LogP contribution in [0, 0.1) is 6.92 Å². The highest BCUT2D eigenvalue weighted by Crippen LogP contribution is 2.40. The number of nitrogens with zero attached hydrogens (tertiary/aromatic N) is 4. The van der Waals surface area contributed by atoms with Crippen molar-refractivity contribution in [1.29, 1.82) is 0 Å². The average Bonchev–Trinajstić information content (AvgIpc) is 3.30. The first-order valence-corrected chi connectivity index (χ1v) is 10.7. The molecule has 4 rings (SSSR count). The van der Waals surface area contributed by atoms with Gasteiger partial charge in [0.1, 0.15) is 5.01 Å². The van der Waals surface area contributed by atoms with Crippen LogP contribution in [0.1, 0.15) is 17.8 Å². The normalized spacial score (nSPS) is 15.4. The van der Waals surface area contributed by atoms with E-state index in [-0.39, 0.29) is 0 Å². The van der Waals surface area contributed by atoms with Crippen LogP contribution in [-0.4, -0.2) is 46.5 Å². The number of aromatic amines is 1. The number of pyridine rings is 1. The van der Waals surface area contributed by atoms with Crippen molar-refractivity contribution in [3.05, 3.63) is 42.0 Å². The second kappa shape index (κ2) is 7.84. The molecule has 0 saturated heterocycles. The highest BCUT2D eigenvalue weighted by Gasteiger charge is 2.26. The lowest BCUT2D eigenvalue weighted by molar-refractivity contribution is 0.234. The number of anilines is 1. The Morgan fingerprint density at radius 1 is 1.41 bits per heavy atom. The number of imidazole rings is 1. The summed E-state index contributed by atoms with van der Waals surface area (Å²) in [6.45, 7) is 3.57. The van der Waals surface area contributed by atoms with Gasteiger partial charge in [-0.05, 0) is 31.1 Å². The molecule has 1 aliphatic rings. The smallest absolute Gasteiger partial charge is 0.165 e. The maximum Gasteiger partial charge on any atom is 0.165 e. The summed E-state index contributed by atoms with van der Waals surface area (Å²) in [4.78, 5) is 18.5. The van der Waals surface area contributed by atoms with Crippen LogP contribution < -0.4 is 4.31 Å². The summed E-state index contributed by atoms with van der Waals surface area (Å²) in [5.74, 6) is 1.86. The standard InChI is InChI=1S/C19H21N5OS2/c1-12-16(27-19(21-12)14-5-4-8-20-11-14)17-22-15-13(7-10-25-2)6-9-24(26-3)18(15)23-17/h4-5,7-8,11H,6,9-10H2,1-3H3,(H,22,23)/b13-7-. The van der Waals surface area contributed by atoms with Crippen LogP contribution in [0.15, 0.2) is 30.6 Å². The number of ether oxygens (including phenoxy) is 1. The fraction of sp³-hybridized carbons (Fsp3) is 0.316. The molecular weight excluding hydrogens is 378 g/mol. The second-order valence-electron chi connectivity index (χ2n) is 6.18. The van der Waals surface area contributed by atoms with Gasteiger partial charge < -0.3 is 9.72 Å². The number of aromatic nitrogens is 4. The Labute approximate surface area is 166 Å². The number of thiazole rings is 1. The van der Waals surface area contributed by atoms with Crippen LogP contribution in [0.3, 0.4) is 0 Å². The van der Waals surface area contributed by atoms with Crippen LogP contribution in [-0.2, 0) is 4.74 Å². The summed E-state index contributed by atoms with van der Waals surface area (Å²) >= 11 is 3.34. The molecule has 0 saturated carbocycles. The number of nitrogens with one attached hydrogen (secondary N) is 1. The van der Waals surface area contributed by atoms with E-state index in [1.54, 1.807) is 36.6 Å². The number of H-pyrrole nitrogens is 1. The Balaban J connectivity index is 1.76. The number of hydrogen-bond donors (Lipinski definition) is 1. The molecule has 3 aromatic rings. The summed E-state index contributed by atoms with van der Waals surface area (Å²) in [6.07, 6.45) is 8.81. The lowest BCUT2D eigenvalue weighted by atomic mass is 10.1. The molecule has 3 aromatic heterocycles. The van der Waals surface area contributed by atoms with Crippen molar-refractivity contribution in [2.24, 2.45) is 0 Å². The van der Waals surface area contributed by atoms with Crippen molar-refractivity contribution < 1.29 is 4.74 Å². The first-order chi connectivity index (χ1) is 13.2. The highest BCUT2D eigenvalue weighted by atomic mass is 32.2. The Hall–Kier alpha value is -2.16. The van der Waals surface area contributed by atoms with Crippen molar-refractivity contribution in [3.8, 4) is 21.3 Å². The largest absolute Gasteiger partial charge is 0.381 e.